The van der Waals surface area contributed by atoms with Crippen molar-refractivity contribution in [2.24, 2.45) is 0 Å². The second kappa shape index (κ2) is 7.45. The third-order valence-corrected chi connectivity index (χ3v) is 2.47. The molecule has 1 aromatic rings. The summed E-state index contributed by atoms with van der Waals surface area (Å²) in [6.45, 7) is 2.06. The summed E-state index contributed by atoms with van der Waals surface area (Å²) in [5.74, 6) is 4.53. The quantitative estimate of drug-likeness (QED) is 0.630. The van der Waals surface area contributed by atoms with E-state index in [9.17, 15) is 9.59 Å². The molecule has 0 heterocycles. The minimum atomic E-state index is -0.529. The Morgan fingerprint density at radius 2 is 2.11 bits per heavy atom. The van der Waals surface area contributed by atoms with Gasteiger partial charge >= 0.3 is 11.9 Å². The van der Waals surface area contributed by atoms with Crippen LogP contribution in [0.2, 0.25) is 5.02 Å². The number of halogens is 1. The van der Waals surface area contributed by atoms with Gasteiger partial charge in [-0.3, -0.25) is 4.79 Å². The zero-order valence-corrected chi connectivity index (χ0v) is 11.4. The van der Waals surface area contributed by atoms with E-state index in [4.69, 9.17) is 16.3 Å². The molecule has 0 aliphatic rings. The Balaban J connectivity index is 2.83. The van der Waals surface area contributed by atoms with E-state index < -0.39 is 5.97 Å². The highest BCUT2D eigenvalue weighted by atomic mass is 35.5. The Labute approximate surface area is 116 Å². The number of methoxy groups -OCH3 is 1. The molecule has 0 atom stereocenters. The highest BCUT2D eigenvalue weighted by molar-refractivity contribution is 6.33. The topological polar surface area (TPSA) is 52.6 Å². The maximum absolute atomic E-state index is 11.4. The fraction of sp³-hybridized carbons (Fsp3) is 0.286. The van der Waals surface area contributed by atoms with E-state index in [1.54, 1.807) is 19.1 Å². The lowest BCUT2D eigenvalue weighted by atomic mass is 10.1. The molecule has 0 saturated carbocycles. The Hall–Kier alpha value is -1.99. The Morgan fingerprint density at radius 1 is 1.37 bits per heavy atom. The van der Waals surface area contributed by atoms with Gasteiger partial charge in [0.1, 0.15) is 6.42 Å². The van der Waals surface area contributed by atoms with Crippen molar-refractivity contribution in [3.05, 3.63) is 34.3 Å². The van der Waals surface area contributed by atoms with Crippen LogP contribution in [0.3, 0.4) is 0 Å². The molecule has 0 radical (unpaired) electrons. The van der Waals surface area contributed by atoms with Gasteiger partial charge in [-0.25, -0.2) is 4.79 Å². The first-order chi connectivity index (χ1) is 9.08. The molecule has 5 heteroatoms. The predicted molar refractivity (Wildman–Crippen MR) is 70.9 cm³/mol. The summed E-state index contributed by atoms with van der Waals surface area (Å²) in [6, 6.07) is 4.74. The van der Waals surface area contributed by atoms with E-state index in [2.05, 4.69) is 16.6 Å². The third-order valence-electron chi connectivity index (χ3n) is 2.14. The predicted octanol–water partition coefficient (Wildman–Crippen LogP) is 2.43. The fourth-order valence-electron chi connectivity index (χ4n) is 1.30. The summed E-state index contributed by atoms with van der Waals surface area (Å²) in [6.07, 6.45) is 0.00399. The van der Waals surface area contributed by atoms with Gasteiger partial charge in [0, 0.05) is 5.56 Å². The molecule has 1 aromatic carbocycles. The highest BCUT2D eigenvalue weighted by Crippen LogP contribution is 2.18. The van der Waals surface area contributed by atoms with E-state index in [0.29, 0.717) is 17.2 Å². The second-order valence-corrected chi connectivity index (χ2v) is 3.88. The second-order valence-electron chi connectivity index (χ2n) is 3.47. The van der Waals surface area contributed by atoms with Crippen molar-refractivity contribution in [3.63, 3.8) is 0 Å². The monoisotopic (exact) mass is 280 g/mol. The Bertz CT molecular complexity index is 540. The van der Waals surface area contributed by atoms with Crippen molar-refractivity contribution in [3.8, 4) is 11.8 Å². The lowest BCUT2D eigenvalue weighted by molar-refractivity contribution is -0.141. The fourth-order valence-corrected chi connectivity index (χ4v) is 1.49. The molecular weight excluding hydrogens is 268 g/mol. The normalized spacial score (nSPS) is 9.21. The zero-order valence-electron chi connectivity index (χ0n) is 10.7. The van der Waals surface area contributed by atoms with Crippen LogP contribution in [-0.2, 0) is 14.3 Å². The number of benzene rings is 1. The summed E-state index contributed by atoms with van der Waals surface area (Å²) >= 11 is 5.87. The third kappa shape index (κ3) is 4.65. The van der Waals surface area contributed by atoms with E-state index in [-0.39, 0.29) is 18.0 Å². The zero-order chi connectivity index (χ0) is 14.3. The van der Waals surface area contributed by atoms with Gasteiger partial charge in [-0.05, 0) is 25.1 Å². The molecule has 0 spiro atoms. The summed E-state index contributed by atoms with van der Waals surface area (Å²) < 4.78 is 9.34. The van der Waals surface area contributed by atoms with E-state index in [1.807, 2.05) is 0 Å². The standard InChI is InChI=1S/C14H13ClO4/c1-3-19-13(16)6-4-5-10-7-8-12(15)11(9-10)14(17)18-2/h7-9H,3,6H2,1-2H3. The van der Waals surface area contributed by atoms with Gasteiger partial charge < -0.3 is 9.47 Å². The molecule has 0 bridgehead atoms. The maximum atomic E-state index is 11.4. The molecule has 100 valence electrons. The molecule has 0 aromatic heterocycles. The van der Waals surface area contributed by atoms with Crippen LogP contribution >= 0.6 is 11.6 Å². The molecule has 0 amide bonds. The first-order valence-electron chi connectivity index (χ1n) is 5.60. The van der Waals surface area contributed by atoms with Gasteiger partial charge in [-0.1, -0.05) is 23.4 Å². The van der Waals surface area contributed by atoms with Crippen LogP contribution in [0.1, 0.15) is 29.3 Å². The molecular formula is C14H13ClO4. The summed E-state index contributed by atoms with van der Waals surface area (Å²) in [7, 11) is 1.28. The average molecular weight is 281 g/mol. The molecule has 0 saturated heterocycles. The lowest BCUT2D eigenvalue weighted by Gasteiger charge is -2.02. The van der Waals surface area contributed by atoms with Crippen LogP contribution in [0.5, 0.6) is 0 Å². The molecule has 0 aliphatic heterocycles. The van der Waals surface area contributed by atoms with E-state index in [0.717, 1.165) is 0 Å². The summed E-state index contributed by atoms with van der Waals surface area (Å²) in [5, 5.41) is 0.294. The number of rotatable bonds is 3. The van der Waals surface area contributed by atoms with Crippen molar-refractivity contribution in [2.75, 3.05) is 13.7 Å². The first kappa shape index (κ1) is 15.1. The average Bonchev–Trinajstić information content (AvgIpc) is 2.40. The van der Waals surface area contributed by atoms with Gasteiger partial charge in [-0.2, -0.15) is 0 Å². The smallest absolute Gasteiger partial charge is 0.339 e. The highest BCUT2D eigenvalue weighted by Gasteiger charge is 2.10. The molecule has 0 N–H and O–H groups in total. The van der Waals surface area contributed by atoms with Gasteiger partial charge in [0.15, 0.2) is 0 Å². The van der Waals surface area contributed by atoms with Crippen LogP contribution in [-0.4, -0.2) is 25.7 Å². The largest absolute Gasteiger partial charge is 0.465 e. The van der Waals surface area contributed by atoms with E-state index in [1.165, 1.54) is 13.2 Å². The molecule has 0 unspecified atom stereocenters. The van der Waals surface area contributed by atoms with Crippen LogP contribution in [0.4, 0.5) is 0 Å². The van der Waals surface area contributed by atoms with Gasteiger partial charge in [0.05, 0.1) is 24.3 Å². The molecule has 0 aliphatic carbocycles. The Kier molecular flexibility index (Phi) is 5.91. The van der Waals surface area contributed by atoms with Crippen LogP contribution in [0.25, 0.3) is 0 Å². The SMILES string of the molecule is CCOC(=O)CC#Cc1ccc(Cl)c(C(=O)OC)c1. The van der Waals surface area contributed by atoms with Gasteiger partial charge in [0.2, 0.25) is 0 Å². The van der Waals surface area contributed by atoms with Crippen molar-refractivity contribution in [1.82, 2.24) is 0 Å². The van der Waals surface area contributed by atoms with Gasteiger partial charge in [-0.15, -0.1) is 0 Å². The van der Waals surface area contributed by atoms with Crippen LogP contribution in [0, 0.1) is 11.8 Å². The number of carbonyl (C=O) groups is 2. The van der Waals surface area contributed by atoms with E-state index >= 15 is 0 Å². The summed E-state index contributed by atoms with van der Waals surface area (Å²) in [5.41, 5.74) is 0.821. The van der Waals surface area contributed by atoms with Crippen molar-refractivity contribution in [1.29, 1.82) is 0 Å². The van der Waals surface area contributed by atoms with Crippen molar-refractivity contribution >= 4 is 23.5 Å². The van der Waals surface area contributed by atoms with Crippen LogP contribution in [0.15, 0.2) is 18.2 Å². The van der Waals surface area contributed by atoms with Crippen molar-refractivity contribution in [2.45, 2.75) is 13.3 Å². The van der Waals surface area contributed by atoms with Crippen LogP contribution < -0.4 is 0 Å². The minimum absolute atomic E-state index is 0.00399. The molecule has 1 rings (SSSR count). The summed E-state index contributed by atoms with van der Waals surface area (Å²) in [4.78, 5) is 22.5. The number of hydrogen-bond donors (Lipinski definition) is 0. The maximum Gasteiger partial charge on any atom is 0.339 e. The number of hydrogen-bond acceptors (Lipinski definition) is 4. The minimum Gasteiger partial charge on any atom is -0.465 e. The lowest BCUT2D eigenvalue weighted by Crippen LogP contribution is -2.02. The molecule has 0 fully saturated rings. The Morgan fingerprint density at radius 3 is 2.74 bits per heavy atom. The molecule has 19 heavy (non-hydrogen) atoms. The number of ether oxygens (including phenoxy) is 2. The number of carbonyl (C=O) groups excluding carboxylic acids is 2. The van der Waals surface area contributed by atoms with Crippen molar-refractivity contribution < 1.29 is 19.1 Å². The van der Waals surface area contributed by atoms with Gasteiger partial charge in [0.25, 0.3) is 0 Å². The number of esters is 2. The first-order valence-corrected chi connectivity index (χ1v) is 5.98. The molecule has 4 nitrogen and oxygen atoms in total.